The fourth-order valence-electron chi connectivity index (χ4n) is 0.818. The minimum Gasteiger partial charge on any atom is -0.386 e. The van der Waals surface area contributed by atoms with E-state index in [2.05, 4.69) is 25.7 Å². The predicted molar refractivity (Wildman–Crippen MR) is 53.2 cm³/mol. The number of rotatable bonds is 5. The molecule has 0 saturated carbocycles. The van der Waals surface area contributed by atoms with E-state index in [0.29, 0.717) is 6.04 Å². The Kier molecular flexibility index (Phi) is 4.50. The molecule has 0 radical (unpaired) electrons. The van der Waals surface area contributed by atoms with E-state index in [1.54, 1.807) is 6.92 Å². The highest BCUT2D eigenvalue weighted by Crippen LogP contribution is 2.17. The average molecular weight is 171 g/mol. The van der Waals surface area contributed by atoms with E-state index in [1.807, 2.05) is 6.92 Å². The largest absolute Gasteiger partial charge is 0.386 e. The van der Waals surface area contributed by atoms with Crippen molar-refractivity contribution < 1.29 is 5.11 Å². The quantitative estimate of drug-likeness (QED) is 0.617. The molecule has 12 heavy (non-hydrogen) atoms. The van der Waals surface area contributed by atoms with Crippen molar-refractivity contribution in [3.63, 3.8) is 0 Å². The van der Waals surface area contributed by atoms with Crippen LogP contribution in [0.15, 0.2) is 12.2 Å². The number of aliphatic hydroxyl groups is 1. The van der Waals surface area contributed by atoms with Crippen molar-refractivity contribution in [2.24, 2.45) is 0 Å². The van der Waals surface area contributed by atoms with E-state index < -0.39 is 5.60 Å². The van der Waals surface area contributed by atoms with Gasteiger partial charge in [-0.1, -0.05) is 20.4 Å². The molecular formula is C10H21NO. The third-order valence-corrected chi connectivity index (χ3v) is 2.08. The van der Waals surface area contributed by atoms with Crippen LogP contribution in [0.5, 0.6) is 0 Å². The molecule has 0 aliphatic rings. The maximum absolute atomic E-state index is 9.77. The number of nitrogens with one attached hydrogen (secondary N) is 1. The highest BCUT2D eigenvalue weighted by atomic mass is 16.3. The first-order valence-corrected chi connectivity index (χ1v) is 4.48. The molecule has 2 heteroatoms. The summed E-state index contributed by atoms with van der Waals surface area (Å²) in [6.45, 7) is 12.4. The normalized spacial score (nSPS) is 16.2. The van der Waals surface area contributed by atoms with Crippen LogP contribution in [-0.4, -0.2) is 23.3 Å². The molecule has 0 spiro atoms. The molecule has 0 aliphatic heterocycles. The lowest BCUT2D eigenvalue weighted by Crippen LogP contribution is -2.33. The lowest BCUT2D eigenvalue weighted by atomic mass is 9.95. The lowest BCUT2D eigenvalue weighted by molar-refractivity contribution is 0.0890. The van der Waals surface area contributed by atoms with Gasteiger partial charge >= 0.3 is 0 Å². The standard InChI is InChI=1S/C10H21NO/c1-8(2)10(5,12)6-7-11-9(3)4/h9,11-12H,1,6-7H2,2-5H3. The molecule has 0 aromatic heterocycles. The second-order valence-electron chi connectivity index (χ2n) is 3.91. The smallest absolute Gasteiger partial charge is 0.0835 e. The maximum atomic E-state index is 9.77. The topological polar surface area (TPSA) is 32.3 Å². The Morgan fingerprint density at radius 2 is 2.08 bits per heavy atom. The van der Waals surface area contributed by atoms with Crippen molar-refractivity contribution in [3.8, 4) is 0 Å². The summed E-state index contributed by atoms with van der Waals surface area (Å²) in [6.07, 6.45) is 0.723. The summed E-state index contributed by atoms with van der Waals surface area (Å²) in [7, 11) is 0. The Balaban J connectivity index is 3.69. The van der Waals surface area contributed by atoms with Gasteiger partial charge in [0.05, 0.1) is 5.60 Å². The zero-order chi connectivity index (χ0) is 9.78. The molecule has 2 N–H and O–H groups in total. The second-order valence-corrected chi connectivity index (χ2v) is 3.91. The predicted octanol–water partition coefficient (Wildman–Crippen LogP) is 1.70. The Morgan fingerprint density at radius 1 is 1.58 bits per heavy atom. The monoisotopic (exact) mass is 171 g/mol. The van der Waals surface area contributed by atoms with Crippen molar-refractivity contribution in [1.29, 1.82) is 0 Å². The van der Waals surface area contributed by atoms with Gasteiger partial charge in [-0.25, -0.2) is 0 Å². The van der Waals surface area contributed by atoms with Crippen LogP contribution in [0.3, 0.4) is 0 Å². The van der Waals surface area contributed by atoms with Crippen LogP contribution in [0.1, 0.15) is 34.1 Å². The van der Waals surface area contributed by atoms with Gasteiger partial charge in [-0.15, -0.1) is 0 Å². The second kappa shape index (κ2) is 4.63. The van der Waals surface area contributed by atoms with Crippen LogP contribution in [0.4, 0.5) is 0 Å². The van der Waals surface area contributed by atoms with E-state index in [-0.39, 0.29) is 0 Å². The van der Waals surface area contributed by atoms with E-state index >= 15 is 0 Å². The molecule has 0 fully saturated rings. The molecule has 0 aromatic carbocycles. The molecule has 2 nitrogen and oxygen atoms in total. The Labute approximate surface area is 75.7 Å². The number of hydrogen-bond donors (Lipinski definition) is 2. The van der Waals surface area contributed by atoms with Crippen LogP contribution in [0.25, 0.3) is 0 Å². The van der Waals surface area contributed by atoms with Gasteiger partial charge in [0.1, 0.15) is 0 Å². The summed E-state index contributed by atoms with van der Waals surface area (Å²) < 4.78 is 0. The molecule has 72 valence electrons. The molecule has 0 rings (SSSR count). The maximum Gasteiger partial charge on any atom is 0.0835 e. The van der Waals surface area contributed by atoms with Gasteiger partial charge in [0, 0.05) is 6.04 Å². The molecule has 0 aliphatic carbocycles. The molecule has 0 saturated heterocycles. The van der Waals surface area contributed by atoms with Crippen LogP contribution >= 0.6 is 0 Å². The molecule has 0 heterocycles. The average Bonchev–Trinajstić information content (AvgIpc) is 1.85. The van der Waals surface area contributed by atoms with Crippen molar-refractivity contribution in [2.45, 2.75) is 45.8 Å². The Bertz CT molecular complexity index is 150. The highest BCUT2D eigenvalue weighted by molar-refractivity contribution is 5.06. The SMILES string of the molecule is C=C(C)C(C)(O)CCNC(C)C. The first kappa shape index (κ1) is 11.7. The first-order chi connectivity index (χ1) is 5.36. The summed E-state index contributed by atoms with van der Waals surface area (Å²) in [5.74, 6) is 0. The van der Waals surface area contributed by atoms with Gasteiger partial charge in [-0.2, -0.15) is 0 Å². The summed E-state index contributed by atoms with van der Waals surface area (Å²) in [4.78, 5) is 0. The Hall–Kier alpha value is -0.340. The zero-order valence-corrected chi connectivity index (χ0v) is 8.65. The van der Waals surface area contributed by atoms with E-state index in [4.69, 9.17) is 0 Å². The Morgan fingerprint density at radius 3 is 2.42 bits per heavy atom. The third-order valence-electron chi connectivity index (χ3n) is 2.08. The summed E-state index contributed by atoms with van der Waals surface area (Å²) in [5.41, 5.74) is 0.107. The molecule has 0 aromatic rings. The van der Waals surface area contributed by atoms with Crippen molar-refractivity contribution in [3.05, 3.63) is 12.2 Å². The lowest BCUT2D eigenvalue weighted by Gasteiger charge is -2.24. The van der Waals surface area contributed by atoms with Gasteiger partial charge in [-0.05, 0) is 32.4 Å². The minimum atomic E-state index is -0.720. The number of hydrogen-bond acceptors (Lipinski definition) is 2. The zero-order valence-electron chi connectivity index (χ0n) is 8.65. The van der Waals surface area contributed by atoms with Gasteiger partial charge in [0.15, 0.2) is 0 Å². The van der Waals surface area contributed by atoms with Crippen molar-refractivity contribution >= 4 is 0 Å². The van der Waals surface area contributed by atoms with Crippen molar-refractivity contribution in [1.82, 2.24) is 5.32 Å². The van der Waals surface area contributed by atoms with Gasteiger partial charge < -0.3 is 10.4 Å². The van der Waals surface area contributed by atoms with E-state index in [1.165, 1.54) is 0 Å². The summed E-state index contributed by atoms with van der Waals surface area (Å²) in [5, 5.41) is 13.0. The van der Waals surface area contributed by atoms with Gasteiger partial charge in [0.25, 0.3) is 0 Å². The molecular weight excluding hydrogens is 150 g/mol. The van der Waals surface area contributed by atoms with Crippen LogP contribution in [-0.2, 0) is 0 Å². The van der Waals surface area contributed by atoms with Crippen LogP contribution < -0.4 is 5.32 Å². The minimum absolute atomic E-state index is 0.478. The van der Waals surface area contributed by atoms with Gasteiger partial charge in [0.2, 0.25) is 0 Å². The van der Waals surface area contributed by atoms with Crippen LogP contribution in [0, 0.1) is 0 Å². The fourth-order valence-corrected chi connectivity index (χ4v) is 0.818. The van der Waals surface area contributed by atoms with Crippen molar-refractivity contribution in [2.75, 3.05) is 6.54 Å². The molecule has 1 unspecified atom stereocenters. The summed E-state index contributed by atoms with van der Waals surface area (Å²) >= 11 is 0. The van der Waals surface area contributed by atoms with Gasteiger partial charge in [-0.3, -0.25) is 0 Å². The highest BCUT2D eigenvalue weighted by Gasteiger charge is 2.20. The third kappa shape index (κ3) is 4.52. The van der Waals surface area contributed by atoms with E-state index in [0.717, 1.165) is 18.5 Å². The molecule has 1 atom stereocenters. The van der Waals surface area contributed by atoms with E-state index in [9.17, 15) is 5.11 Å². The fraction of sp³-hybridized carbons (Fsp3) is 0.800. The first-order valence-electron chi connectivity index (χ1n) is 4.48. The van der Waals surface area contributed by atoms with Crippen LogP contribution in [0.2, 0.25) is 0 Å². The summed E-state index contributed by atoms with van der Waals surface area (Å²) in [6, 6.07) is 0.478. The molecule has 0 bridgehead atoms. The molecule has 0 amide bonds.